The molecule has 1 aliphatic carbocycles. The molecule has 1 amide bonds. The van der Waals surface area contributed by atoms with Crippen molar-refractivity contribution in [1.82, 2.24) is 0 Å². The number of carboxylic acid groups (broad SMARTS) is 1. The topological polar surface area (TPSA) is 145 Å². The summed E-state index contributed by atoms with van der Waals surface area (Å²) in [4.78, 5) is 51.1. The summed E-state index contributed by atoms with van der Waals surface area (Å²) in [5, 5.41) is 26.8. The number of hydrogen-bond acceptors (Lipinski definition) is 7. The number of anilines is 2. The average molecular weight is 532 g/mol. The summed E-state index contributed by atoms with van der Waals surface area (Å²) >= 11 is 0. The summed E-state index contributed by atoms with van der Waals surface area (Å²) in [6.45, 7) is 0. The number of aromatic hydroxyl groups is 1. The molecule has 0 fully saturated rings. The molecule has 0 saturated carbocycles. The van der Waals surface area contributed by atoms with Gasteiger partial charge in [-0.2, -0.15) is 5.10 Å². The number of ketones is 2. The van der Waals surface area contributed by atoms with Crippen LogP contribution < -0.4 is 10.7 Å². The third-order valence-corrected chi connectivity index (χ3v) is 6.20. The second kappa shape index (κ2) is 10.9. The van der Waals surface area contributed by atoms with Crippen molar-refractivity contribution < 1.29 is 29.4 Å². The van der Waals surface area contributed by atoms with Crippen molar-refractivity contribution in [2.75, 3.05) is 10.7 Å². The smallest absolute Gasteiger partial charge is 0.336 e. The number of para-hydroxylation sites is 1. The molecular formula is C31H21N3O6. The van der Waals surface area contributed by atoms with Crippen LogP contribution in [0.3, 0.4) is 0 Å². The highest BCUT2D eigenvalue weighted by Crippen LogP contribution is 2.28. The van der Waals surface area contributed by atoms with Crippen LogP contribution in [-0.2, 0) is 9.59 Å². The minimum Gasteiger partial charge on any atom is -0.506 e. The normalized spacial score (nSPS) is 13.2. The Morgan fingerprint density at radius 3 is 2.20 bits per heavy atom. The van der Waals surface area contributed by atoms with Gasteiger partial charge in [0.25, 0.3) is 5.91 Å². The Kier molecular flexibility index (Phi) is 7.02. The van der Waals surface area contributed by atoms with Crippen molar-refractivity contribution in [3.8, 4) is 5.75 Å². The van der Waals surface area contributed by atoms with E-state index in [1.165, 1.54) is 42.5 Å². The molecule has 9 nitrogen and oxygen atoms in total. The zero-order valence-electron chi connectivity index (χ0n) is 20.8. The highest BCUT2D eigenvalue weighted by molar-refractivity contribution is 6.59. The molecule has 0 spiro atoms. The molecule has 9 heteroatoms. The Morgan fingerprint density at radius 2 is 1.45 bits per heavy atom. The summed E-state index contributed by atoms with van der Waals surface area (Å²) in [5.41, 5.74) is 3.95. The first-order valence-electron chi connectivity index (χ1n) is 12.1. The summed E-state index contributed by atoms with van der Waals surface area (Å²) in [7, 11) is 0. The van der Waals surface area contributed by atoms with E-state index in [9.17, 15) is 29.4 Å². The molecule has 1 aliphatic rings. The third-order valence-electron chi connectivity index (χ3n) is 6.20. The third kappa shape index (κ3) is 5.11. The molecule has 0 bridgehead atoms. The van der Waals surface area contributed by atoms with Crippen molar-refractivity contribution in [2.24, 2.45) is 5.10 Å². The number of phenols is 1. The first-order valence-corrected chi connectivity index (χ1v) is 12.1. The standard InChI is InChI=1S/C31H21N3O6/c35-26-15-14-19(28(36)22-12-6-7-13-23(22)31(39)40)17-25(26)33-34-27-21-11-5-4-8-18(21)16-24(29(27)37)30(38)32-20-9-2-1-3-10-20/h1-17,33,35H,(H,32,38)(H,39,40)/b34-27+. The number of amides is 1. The number of carboxylic acids is 1. The monoisotopic (exact) mass is 531 g/mol. The van der Waals surface area contributed by atoms with Crippen LogP contribution in [0.5, 0.6) is 5.75 Å². The van der Waals surface area contributed by atoms with Crippen molar-refractivity contribution in [3.05, 3.63) is 130 Å². The van der Waals surface area contributed by atoms with Crippen molar-refractivity contribution in [3.63, 3.8) is 0 Å². The lowest BCUT2D eigenvalue weighted by molar-refractivity contribution is -0.116. The van der Waals surface area contributed by atoms with E-state index in [4.69, 9.17) is 0 Å². The maximum absolute atomic E-state index is 13.4. The summed E-state index contributed by atoms with van der Waals surface area (Å²) in [6, 6.07) is 25.3. The van der Waals surface area contributed by atoms with Gasteiger partial charge in [-0.05, 0) is 48.0 Å². The molecule has 4 aromatic carbocycles. The zero-order chi connectivity index (χ0) is 28.2. The Bertz CT molecular complexity index is 1740. The van der Waals surface area contributed by atoms with Gasteiger partial charge in [-0.15, -0.1) is 0 Å². The molecule has 4 aromatic rings. The number of nitrogens with one attached hydrogen (secondary N) is 2. The maximum atomic E-state index is 13.4. The molecule has 0 radical (unpaired) electrons. The molecule has 0 unspecified atom stereocenters. The first-order chi connectivity index (χ1) is 19.3. The number of rotatable bonds is 7. The van der Waals surface area contributed by atoms with Gasteiger partial charge in [0.15, 0.2) is 5.78 Å². The summed E-state index contributed by atoms with van der Waals surface area (Å²) < 4.78 is 0. The second-order valence-corrected chi connectivity index (χ2v) is 8.78. The van der Waals surface area contributed by atoms with E-state index in [1.807, 2.05) is 0 Å². The van der Waals surface area contributed by atoms with Crippen molar-refractivity contribution in [1.29, 1.82) is 0 Å². The Morgan fingerprint density at radius 1 is 0.775 bits per heavy atom. The van der Waals surface area contributed by atoms with Crippen LogP contribution in [-0.4, -0.2) is 39.4 Å². The predicted molar refractivity (Wildman–Crippen MR) is 150 cm³/mol. The molecule has 196 valence electrons. The number of nitrogens with zero attached hydrogens (tertiary/aromatic N) is 1. The molecule has 0 heterocycles. The fraction of sp³-hybridized carbons (Fsp3) is 0. The van der Waals surface area contributed by atoms with Crippen LogP contribution in [0, 0.1) is 0 Å². The number of hydrazone groups is 1. The van der Waals surface area contributed by atoms with Crippen LogP contribution in [0.4, 0.5) is 11.4 Å². The van der Waals surface area contributed by atoms with E-state index in [-0.39, 0.29) is 39.4 Å². The van der Waals surface area contributed by atoms with E-state index in [2.05, 4.69) is 15.8 Å². The van der Waals surface area contributed by atoms with Crippen LogP contribution >= 0.6 is 0 Å². The number of carbonyl (C=O) groups is 4. The van der Waals surface area contributed by atoms with Gasteiger partial charge in [0.2, 0.25) is 5.78 Å². The first kappa shape index (κ1) is 25.8. The summed E-state index contributed by atoms with van der Waals surface area (Å²) in [5.74, 6) is -3.33. The number of aromatic carboxylic acids is 1. The van der Waals surface area contributed by atoms with Gasteiger partial charge in [-0.25, -0.2) is 4.79 Å². The minimum atomic E-state index is -1.25. The number of carbonyl (C=O) groups excluding carboxylic acids is 3. The number of fused-ring (bicyclic) bond motifs is 1. The van der Waals surface area contributed by atoms with Gasteiger partial charge in [0.05, 0.1) is 16.8 Å². The largest absolute Gasteiger partial charge is 0.506 e. The van der Waals surface area contributed by atoms with Crippen molar-refractivity contribution in [2.45, 2.75) is 0 Å². The minimum absolute atomic E-state index is 0.00118. The predicted octanol–water partition coefficient (Wildman–Crippen LogP) is 4.74. The molecule has 0 saturated heterocycles. The Balaban J connectivity index is 1.47. The molecule has 4 N–H and O–H groups in total. The lowest BCUT2D eigenvalue weighted by Gasteiger charge is -2.18. The van der Waals surface area contributed by atoms with Gasteiger partial charge in [-0.3, -0.25) is 19.8 Å². The van der Waals surface area contributed by atoms with E-state index < -0.39 is 23.4 Å². The van der Waals surface area contributed by atoms with Crippen molar-refractivity contribution >= 4 is 46.6 Å². The molecule has 0 aliphatic heterocycles. The highest BCUT2D eigenvalue weighted by Gasteiger charge is 2.30. The molecule has 5 rings (SSSR count). The zero-order valence-corrected chi connectivity index (χ0v) is 20.8. The van der Waals surface area contributed by atoms with Gasteiger partial charge in [-0.1, -0.05) is 60.7 Å². The quantitative estimate of drug-likeness (QED) is 0.117. The van der Waals surface area contributed by atoms with Crippen LogP contribution in [0.1, 0.15) is 37.4 Å². The number of hydrogen-bond donors (Lipinski definition) is 4. The second-order valence-electron chi connectivity index (χ2n) is 8.78. The van der Waals surface area contributed by atoms with E-state index in [0.717, 1.165) is 0 Å². The molecule has 40 heavy (non-hydrogen) atoms. The van der Waals surface area contributed by atoms with E-state index >= 15 is 0 Å². The van der Waals surface area contributed by atoms with Crippen LogP contribution in [0.2, 0.25) is 0 Å². The fourth-order valence-electron chi connectivity index (χ4n) is 4.22. The Labute approximate surface area is 228 Å². The highest BCUT2D eigenvalue weighted by atomic mass is 16.4. The number of phenolic OH excluding ortho intramolecular Hbond substituents is 1. The Hall–Kier alpha value is -5.83. The lowest BCUT2D eigenvalue weighted by atomic mass is 9.89. The van der Waals surface area contributed by atoms with Crippen LogP contribution in [0.25, 0.3) is 6.08 Å². The fourth-order valence-corrected chi connectivity index (χ4v) is 4.22. The van der Waals surface area contributed by atoms with Gasteiger partial charge in [0, 0.05) is 22.4 Å². The van der Waals surface area contributed by atoms with Crippen LogP contribution in [0.15, 0.2) is 108 Å². The van der Waals surface area contributed by atoms with Gasteiger partial charge < -0.3 is 15.5 Å². The van der Waals surface area contributed by atoms with E-state index in [1.54, 1.807) is 60.7 Å². The maximum Gasteiger partial charge on any atom is 0.336 e. The number of Topliss-reactive ketones (excluding diaryl/α,β-unsaturated/α-hetero) is 1. The lowest BCUT2D eigenvalue weighted by Crippen LogP contribution is -2.30. The SMILES string of the molecule is O=C(Nc1ccccc1)C1=Cc2ccccc2/C(=N\Nc2cc(C(=O)c3ccccc3C(=O)O)ccc2O)C1=O. The van der Waals surface area contributed by atoms with Gasteiger partial charge in [0.1, 0.15) is 11.5 Å². The van der Waals surface area contributed by atoms with E-state index in [0.29, 0.717) is 16.8 Å². The average Bonchev–Trinajstić information content (AvgIpc) is 2.97. The molecular weight excluding hydrogens is 510 g/mol. The molecule has 0 atom stereocenters. The number of benzene rings is 4. The summed E-state index contributed by atoms with van der Waals surface area (Å²) in [6.07, 6.45) is 1.49. The molecule has 0 aromatic heterocycles. The van der Waals surface area contributed by atoms with Gasteiger partial charge >= 0.3 is 5.97 Å².